The van der Waals surface area contributed by atoms with Crippen LogP contribution in [0.4, 0.5) is 0 Å². The summed E-state index contributed by atoms with van der Waals surface area (Å²) in [5, 5.41) is 10.7. The van der Waals surface area contributed by atoms with E-state index in [2.05, 4.69) is 9.88 Å². The smallest absolute Gasteiger partial charge is 0.332 e. The van der Waals surface area contributed by atoms with Crippen LogP contribution in [0.15, 0.2) is 70.5 Å². The summed E-state index contributed by atoms with van der Waals surface area (Å²) in [5.41, 5.74) is 1.02. The number of halogens is 1. The molecular formula is C27H34ClN5O5. The first-order valence-corrected chi connectivity index (χ1v) is 12.3. The van der Waals surface area contributed by atoms with Crippen LogP contribution >= 0.6 is 12.4 Å². The van der Waals surface area contributed by atoms with Crippen molar-refractivity contribution in [3.63, 3.8) is 0 Å². The van der Waals surface area contributed by atoms with Gasteiger partial charge in [-0.2, -0.15) is 0 Å². The first-order valence-electron chi connectivity index (χ1n) is 12.3. The first-order chi connectivity index (χ1) is 17.9. The number of aromatic nitrogens is 4. The number of aryl methyl sites for hydroxylation is 1. The molecule has 1 atom stereocenters. The summed E-state index contributed by atoms with van der Waals surface area (Å²) in [4.78, 5) is 31.1. The van der Waals surface area contributed by atoms with E-state index in [4.69, 9.17) is 9.47 Å². The number of rotatable bonds is 12. The van der Waals surface area contributed by atoms with Gasteiger partial charge in [-0.05, 0) is 24.2 Å². The highest BCUT2D eigenvalue weighted by Crippen LogP contribution is 2.27. The zero-order chi connectivity index (χ0) is 26.4. The second-order valence-electron chi connectivity index (χ2n) is 8.90. The Labute approximate surface area is 227 Å². The lowest BCUT2D eigenvalue weighted by Gasteiger charge is -2.24. The van der Waals surface area contributed by atoms with Crippen molar-refractivity contribution in [1.82, 2.24) is 23.6 Å². The maximum atomic E-state index is 12.7. The molecule has 2 aromatic carbocycles. The lowest BCUT2D eigenvalue weighted by molar-refractivity contribution is 0.0674. The van der Waals surface area contributed by atoms with Crippen LogP contribution in [0, 0.1) is 0 Å². The number of aliphatic hydroxyl groups is 1. The maximum Gasteiger partial charge on any atom is 0.332 e. The average Bonchev–Trinajstić information content (AvgIpc) is 3.36. The van der Waals surface area contributed by atoms with Crippen molar-refractivity contribution >= 4 is 23.6 Å². The standard InChI is InChI=1S/C27H33N5O5.ClH/c1-4-31(14-15-32-19-28-25-24(32)26(34)30(3)27(35)29(25)2)16-21(33)18-37-23-13-9-8-12-22(23)36-17-20-10-6-5-7-11-20;/h5-13,19,21,33H,4,14-18H2,1-3H3;1H. The summed E-state index contributed by atoms with van der Waals surface area (Å²) in [7, 11) is 3.06. The Morgan fingerprint density at radius 3 is 2.32 bits per heavy atom. The normalized spacial score (nSPS) is 11.9. The number of likely N-dealkylation sites (N-methyl/N-ethyl adjacent to an activating group) is 1. The van der Waals surface area contributed by atoms with Gasteiger partial charge in [0.15, 0.2) is 22.7 Å². The topological polar surface area (TPSA) is 104 Å². The van der Waals surface area contributed by atoms with E-state index >= 15 is 0 Å². The molecule has 2 aromatic heterocycles. The zero-order valence-corrected chi connectivity index (χ0v) is 22.6. The molecule has 0 aliphatic carbocycles. The molecule has 0 radical (unpaired) electrons. The quantitative estimate of drug-likeness (QED) is 0.292. The molecule has 1 unspecified atom stereocenters. The number of aliphatic hydroxyl groups excluding tert-OH is 1. The van der Waals surface area contributed by atoms with E-state index in [0.29, 0.717) is 55.4 Å². The lowest BCUT2D eigenvalue weighted by Crippen LogP contribution is -2.39. The molecule has 0 bridgehead atoms. The molecule has 0 amide bonds. The Kier molecular flexibility index (Phi) is 10.1. The van der Waals surface area contributed by atoms with E-state index < -0.39 is 11.8 Å². The third kappa shape index (κ3) is 6.63. The van der Waals surface area contributed by atoms with Crippen LogP contribution in [-0.2, 0) is 27.2 Å². The monoisotopic (exact) mass is 543 g/mol. The molecule has 0 fully saturated rings. The van der Waals surface area contributed by atoms with Crippen LogP contribution in [0.25, 0.3) is 11.2 Å². The van der Waals surface area contributed by atoms with Crippen molar-refractivity contribution in [3.8, 4) is 11.5 Å². The molecule has 0 saturated heterocycles. The zero-order valence-electron chi connectivity index (χ0n) is 21.8. The fourth-order valence-electron chi connectivity index (χ4n) is 4.15. The van der Waals surface area contributed by atoms with E-state index in [1.807, 2.05) is 61.5 Å². The molecule has 1 N–H and O–H groups in total. The van der Waals surface area contributed by atoms with E-state index in [1.54, 1.807) is 17.9 Å². The molecule has 4 aromatic rings. The summed E-state index contributed by atoms with van der Waals surface area (Å²) >= 11 is 0. The predicted octanol–water partition coefficient (Wildman–Crippen LogP) is 2.20. The molecule has 38 heavy (non-hydrogen) atoms. The molecule has 10 nitrogen and oxygen atoms in total. The van der Waals surface area contributed by atoms with Crippen molar-refractivity contribution in [3.05, 3.63) is 87.3 Å². The SMILES string of the molecule is CCN(CCn1cnc2c1c(=O)n(C)c(=O)n2C)CC(O)COc1ccccc1OCc1ccccc1.Cl. The van der Waals surface area contributed by atoms with Crippen molar-refractivity contribution < 1.29 is 14.6 Å². The van der Waals surface area contributed by atoms with Crippen LogP contribution in [0.5, 0.6) is 11.5 Å². The van der Waals surface area contributed by atoms with Gasteiger partial charge < -0.3 is 19.1 Å². The van der Waals surface area contributed by atoms with Gasteiger partial charge in [0.25, 0.3) is 5.56 Å². The highest BCUT2D eigenvalue weighted by Gasteiger charge is 2.16. The number of hydrogen-bond acceptors (Lipinski definition) is 7. The Balaban J connectivity index is 0.00000400. The highest BCUT2D eigenvalue weighted by molar-refractivity contribution is 5.85. The summed E-state index contributed by atoms with van der Waals surface area (Å²) in [6.45, 7) is 4.72. The fraction of sp³-hybridized carbons (Fsp3) is 0.370. The van der Waals surface area contributed by atoms with Gasteiger partial charge in [0.05, 0.1) is 6.33 Å². The molecule has 0 saturated carbocycles. The van der Waals surface area contributed by atoms with Crippen LogP contribution in [0.3, 0.4) is 0 Å². The van der Waals surface area contributed by atoms with Gasteiger partial charge in [0.2, 0.25) is 0 Å². The second-order valence-corrected chi connectivity index (χ2v) is 8.90. The number of ether oxygens (including phenoxy) is 2. The molecule has 0 aliphatic rings. The summed E-state index contributed by atoms with van der Waals surface area (Å²) in [6.07, 6.45) is 0.848. The van der Waals surface area contributed by atoms with Crippen LogP contribution in [0.2, 0.25) is 0 Å². The summed E-state index contributed by atoms with van der Waals surface area (Å²) in [6, 6.07) is 17.3. The molecular weight excluding hydrogens is 510 g/mol. The molecule has 0 spiro atoms. The van der Waals surface area contributed by atoms with E-state index in [-0.39, 0.29) is 24.6 Å². The lowest BCUT2D eigenvalue weighted by atomic mass is 10.2. The van der Waals surface area contributed by atoms with Crippen molar-refractivity contribution in [1.29, 1.82) is 0 Å². The van der Waals surface area contributed by atoms with Crippen molar-refractivity contribution in [2.45, 2.75) is 26.2 Å². The average molecular weight is 544 g/mol. The Morgan fingerprint density at radius 1 is 0.974 bits per heavy atom. The number of nitrogens with zero attached hydrogens (tertiary/aromatic N) is 5. The van der Waals surface area contributed by atoms with Crippen LogP contribution < -0.4 is 20.7 Å². The summed E-state index contributed by atoms with van der Waals surface area (Å²) in [5.74, 6) is 1.20. The minimum Gasteiger partial charge on any atom is -0.487 e. The van der Waals surface area contributed by atoms with Gasteiger partial charge in [-0.15, -0.1) is 12.4 Å². The van der Waals surface area contributed by atoms with Crippen molar-refractivity contribution in [2.24, 2.45) is 14.1 Å². The van der Waals surface area contributed by atoms with Crippen LogP contribution in [0.1, 0.15) is 12.5 Å². The minimum absolute atomic E-state index is 0. The van der Waals surface area contributed by atoms with Crippen LogP contribution in [-0.4, -0.2) is 61.0 Å². The van der Waals surface area contributed by atoms with Gasteiger partial charge in [-0.3, -0.25) is 18.8 Å². The fourth-order valence-corrected chi connectivity index (χ4v) is 4.15. The molecule has 0 aliphatic heterocycles. The van der Waals surface area contributed by atoms with E-state index in [0.717, 1.165) is 10.1 Å². The van der Waals surface area contributed by atoms with Crippen molar-refractivity contribution in [2.75, 3.05) is 26.2 Å². The summed E-state index contributed by atoms with van der Waals surface area (Å²) < 4.78 is 16.0. The first kappa shape index (κ1) is 29.0. The largest absolute Gasteiger partial charge is 0.487 e. The molecule has 11 heteroatoms. The molecule has 4 rings (SSSR count). The van der Waals surface area contributed by atoms with E-state index in [9.17, 15) is 14.7 Å². The van der Waals surface area contributed by atoms with Gasteiger partial charge in [-0.1, -0.05) is 49.4 Å². The number of para-hydroxylation sites is 2. The van der Waals surface area contributed by atoms with Gasteiger partial charge in [0, 0.05) is 33.7 Å². The third-order valence-electron chi connectivity index (χ3n) is 6.31. The van der Waals surface area contributed by atoms with Gasteiger partial charge >= 0.3 is 5.69 Å². The number of imidazole rings is 1. The number of hydrogen-bond donors (Lipinski definition) is 1. The Morgan fingerprint density at radius 2 is 1.63 bits per heavy atom. The van der Waals surface area contributed by atoms with E-state index in [1.165, 1.54) is 11.6 Å². The Bertz CT molecular complexity index is 1450. The maximum absolute atomic E-state index is 12.7. The highest BCUT2D eigenvalue weighted by atomic mass is 35.5. The Hall–Kier alpha value is -3.60. The molecule has 2 heterocycles. The number of fused-ring (bicyclic) bond motifs is 1. The van der Waals surface area contributed by atoms with Gasteiger partial charge in [0.1, 0.15) is 19.3 Å². The minimum atomic E-state index is -0.727. The predicted molar refractivity (Wildman–Crippen MR) is 148 cm³/mol. The van der Waals surface area contributed by atoms with Gasteiger partial charge in [-0.25, -0.2) is 9.78 Å². The molecule has 204 valence electrons. The number of benzene rings is 2. The second kappa shape index (κ2) is 13.3. The third-order valence-corrected chi connectivity index (χ3v) is 6.31.